The van der Waals surface area contributed by atoms with Crippen LogP contribution in [0.3, 0.4) is 0 Å². The molecule has 94 valence electrons. The van der Waals surface area contributed by atoms with Crippen LogP contribution in [0.15, 0.2) is 0 Å². The van der Waals surface area contributed by atoms with Crippen LogP contribution < -0.4 is 0 Å². The largest absolute Gasteiger partial charge is 0.303 e. The van der Waals surface area contributed by atoms with Crippen molar-refractivity contribution in [1.82, 2.24) is 4.90 Å². The van der Waals surface area contributed by atoms with E-state index in [1.165, 1.54) is 38.6 Å². The van der Waals surface area contributed by atoms with Crippen molar-refractivity contribution < 1.29 is 0 Å². The van der Waals surface area contributed by atoms with Crippen molar-refractivity contribution in [3.8, 4) is 0 Å². The molecule has 2 aliphatic carbocycles. The molecule has 0 spiro atoms. The van der Waals surface area contributed by atoms with Crippen molar-refractivity contribution in [2.24, 2.45) is 16.7 Å². The van der Waals surface area contributed by atoms with Crippen LogP contribution >= 0.6 is 0 Å². The van der Waals surface area contributed by atoms with Gasteiger partial charge in [0.05, 0.1) is 0 Å². The van der Waals surface area contributed by atoms with Gasteiger partial charge in [-0.25, -0.2) is 0 Å². The van der Waals surface area contributed by atoms with Crippen LogP contribution in [0.5, 0.6) is 0 Å². The zero-order valence-corrected chi connectivity index (χ0v) is 11.8. The minimum Gasteiger partial charge on any atom is -0.303 e. The quantitative estimate of drug-likeness (QED) is 0.698. The van der Waals surface area contributed by atoms with Crippen LogP contribution in [0, 0.1) is 16.7 Å². The van der Waals surface area contributed by atoms with Gasteiger partial charge in [-0.15, -0.1) is 0 Å². The van der Waals surface area contributed by atoms with Crippen LogP contribution in [0.25, 0.3) is 0 Å². The molecule has 0 aliphatic heterocycles. The fourth-order valence-corrected chi connectivity index (χ4v) is 3.69. The summed E-state index contributed by atoms with van der Waals surface area (Å²) in [7, 11) is 2.31. The van der Waals surface area contributed by atoms with Crippen LogP contribution in [-0.4, -0.2) is 24.5 Å². The van der Waals surface area contributed by atoms with E-state index in [4.69, 9.17) is 0 Å². The van der Waals surface area contributed by atoms with Gasteiger partial charge in [0.15, 0.2) is 0 Å². The Kier molecular flexibility index (Phi) is 3.11. The topological polar surface area (TPSA) is 3.24 Å². The highest BCUT2D eigenvalue weighted by atomic mass is 15.1. The van der Waals surface area contributed by atoms with Crippen molar-refractivity contribution in [3.63, 3.8) is 0 Å². The summed E-state index contributed by atoms with van der Waals surface area (Å²) in [5.41, 5.74) is 1.13. The molecular weight excluding hydrogens is 194 g/mol. The van der Waals surface area contributed by atoms with Gasteiger partial charge >= 0.3 is 0 Å². The second-order valence-corrected chi connectivity index (χ2v) is 7.57. The van der Waals surface area contributed by atoms with Gasteiger partial charge in [0.2, 0.25) is 0 Å². The smallest absolute Gasteiger partial charge is 0.00933 e. The van der Waals surface area contributed by atoms with Gasteiger partial charge in [0, 0.05) is 6.04 Å². The van der Waals surface area contributed by atoms with Crippen molar-refractivity contribution in [2.45, 2.75) is 65.8 Å². The minimum atomic E-state index is 0.505. The van der Waals surface area contributed by atoms with Crippen LogP contribution in [0.4, 0.5) is 0 Å². The molecule has 16 heavy (non-hydrogen) atoms. The summed E-state index contributed by atoms with van der Waals surface area (Å²) >= 11 is 0. The number of hydrogen-bond donors (Lipinski definition) is 0. The molecule has 0 aromatic heterocycles. The second kappa shape index (κ2) is 4.01. The number of hydrogen-bond acceptors (Lipinski definition) is 1. The van der Waals surface area contributed by atoms with Gasteiger partial charge in [-0.1, -0.05) is 27.7 Å². The Hall–Kier alpha value is -0.0400. The summed E-state index contributed by atoms with van der Waals surface area (Å²) in [5, 5.41) is 0. The predicted molar refractivity (Wildman–Crippen MR) is 70.6 cm³/mol. The van der Waals surface area contributed by atoms with E-state index in [9.17, 15) is 0 Å². The van der Waals surface area contributed by atoms with E-state index in [1.807, 2.05) is 0 Å². The Morgan fingerprint density at radius 1 is 1.19 bits per heavy atom. The zero-order chi connectivity index (χ0) is 12.0. The zero-order valence-electron chi connectivity index (χ0n) is 11.8. The Morgan fingerprint density at radius 3 is 2.19 bits per heavy atom. The molecule has 2 fully saturated rings. The maximum absolute atomic E-state index is 2.59. The maximum Gasteiger partial charge on any atom is 0.00933 e. The van der Waals surface area contributed by atoms with E-state index in [1.54, 1.807) is 0 Å². The molecule has 2 rings (SSSR count). The van der Waals surface area contributed by atoms with E-state index in [2.05, 4.69) is 39.6 Å². The van der Waals surface area contributed by atoms with Crippen LogP contribution in [-0.2, 0) is 0 Å². The van der Waals surface area contributed by atoms with Crippen LogP contribution in [0.2, 0.25) is 0 Å². The first-order valence-corrected chi connectivity index (χ1v) is 7.03. The molecule has 2 aliphatic rings. The van der Waals surface area contributed by atoms with Gasteiger partial charge < -0.3 is 4.90 Å². The minimum absolute atomic E-state index is 0.505. The summed E-state index contributed by atoms with van der Waals surface area (Å²) in [5.74, 6) is 0.938. The normalized spacial score (nSPS) is 35.2. The van der Waals surface area contributed by atoms with Gasteiger partial charge in [0.25, 0.3) is 0 Å². The maximum atomic E-state index is 2.59. The number of nitrogens with zero attached hydrogens (tertiary/aromatic N) is 1. The molecule has 0 saturated heterocycles. The fourth-order valence-electron chi connectivity index (χ4n) is 3.69. The molecule has 0 bridgehead atoms. The van der Waals surface area contributed by atoms with Crippen molar-refractivity contribution in [1.29, 1.82) is 0 Å². The molecule has 0 amide bonds. The Labute approximate surface area is 102 Å². The third kappa shape index (κ3) is 2.45. The molecule has 0 aromatic rings. The molecule has 1 nitrogen and oxygen atoms in total. The van der Waals surface area contributed by atoms with E-state index >= 15 is 0 Å². The molecule has 2 saturated carbocycles. The highest BCUT2D eigenvalue weighted by Gasteiger charge is 2.48. The molecule has 2 atom stereocenters. The van der Waals surface area contributed by atoms with Crippen molar-refractivity contribution >= 4 is 0 Å². The van der Waals surface area contributed by atoms with E-state index < -0.39 is 0 Å². The Balaban J connectivity index is 1.83. The molecule has 2 unspecified atom stereocenters. The average Bonchev–Trinajstić information content (AvgIpc) is 2.91. The molecular formula is C15H29N. The third-order valence-corrected chi connectivity index (χ3v) is 5.10. The summed E-state index contributed by atoms with van der Waals surface area (Å²) < 4.78 is 0. The van der Waals surface area contributed by atoms with Crippen LogP contribution in [0.1, 0.15) is 59.8 Å². The summed E-state index contributed by atoms with van der Waals surface area (Å²) in [4.78, 5) is 2.59. The van der Waals surface area contributed by atoms with Gasteiger partial charge in [-0.2, -0.15) is 0 Å². The summed E-state index contributed by atoms with van der Waals surface area (Å²) in [6.45, 7) is 11.1. The van der Waals surface area contributed by atoms with Gasteiger partial charge in [-0.3, -0.25) is 0 Å². The van der Waals surface area contributed by atoms with Gasteiger partial charge in [-0.05, 0) is 62.4 Å². The highest BCUT2D eigenvalue weighted by Crippen LogP contribution is 2.56. The molecule has 0 heterocycles. The SMILES string of the molecule is CN(CCC1(C)CCC1C(C)(C)C)C1CC1. The third-order valence-electron chi connectivity index (χ3n) is 5.10. The van der Waals surface area contributed by atoms with E-state index in [-0.39, 0.29) is 0 Å². The molecule has 1 heteroatoms. The summed E-state index contributed by atoms with van der Waals surface area (Å²) in [6.07, 6.45) is 7.19. The first-order valence-electron chi connectivity index (χ1n) is 7.03. The first kappa shape index (κ1) is 12.4. The lowest BCUT2D eigenvalue weighted by Gasteiger charge is -2.54. The van der Waals surface area contributed by atoms with Gasteiger partial charge in [0.1, 0.15) is 0 Å². The molecule has 0 radical (unpaired) electrons. The monoisotopic (exact) mass is 223 g/mol. The molecule has 0 aromatic carbocycles. The Morgan fingerprint density at radius 2 is 1.81 bits per heavy atom. The average molecular weight is 223 g/mol. The predicted octanol–water partition coefficient (Wildman–Crippen LogP) is 3.93. The van der Waals surface area contributed by atoms with E-state index in [0.29, 0.717) is 10.8 Å². The number of rotatable bonds is 4. The highest BCUT2D eigenvalue weighted by molar-refractivity contribution is 4.98. The standard InChI is InChI=1S/C15H29N/c1-14(2,3)13-8-9-15(13,4)10-11-16(5)12-6-7-12/h12-13H,6-11H2,1-5H3. The summed E-state index contributed by atoms with van der Waals surface area (Å²) in [6, 6.07) is 0.928. The fraction of sp³-hybridized carbons (Fsp3) is 1.00. The molecule has 0 N–H and O–H groups in total. The lowest BCUT2D eigenvalue weighted by atomic mass is 9.51. The second-order valence-electron chi connectivity index (χ2n) is 7.57. The Bertz CT molecular complexity index is 249. The lowest BCUT2D eigenvalue weighted by molar-refractivity contribution is -0.0427. The first-order chi connectivity index (χ1) is 7.33. The van der Waals surface area contributed by atoms with Crippen molar-refractivity contribution in [2.75, 3.05) is 13.6 Å². The van der Waals surface area contributed by atoms with E-state index in [0.717, 1.165) is 12.0 Å². The van der Waals surface area contributed by atoms with Crippen molar-refractivity contribution in [3.05, 3.63) is 0 Å². The lowest BCUT2D eigenvalue weighted by Crippen LogP contribution is -2.46.